The van der Waals surface area contributed by atoms with Crippen molar-refractivity contribution in [1.82, 2.24) is 12.3 Å². The largest absolute Gasteiger partial charge is 0.344 e. The van der Waals surface area contributed by atoms with Crippen LogP contribution in [0.25, 0.3) is 0 Å². The summed E-state index contributed by atoms with van der Waals surface area (Å²) in [7, 11) is 19.4. The van der Waals surface area contributed by atoms with E-state index in [1.54, 1.807) is 21.3 Å². The van der Waals surface area contributed by atoms with Gasteiger partial charge in [-0.15, -0.1) is 0 Å². The molecule has 0 bridgehead atoms. The number of hydrogen-bond acceptors (Lipinski definition) is 5. The third kappa shape index (κ3) is 4.37. The third-order valence-electron chi connectivity index (χ3n) is 5.51. The van der Waals surface area contributed by atoms with Gasteiger partial charge in [0.15, 0.2) is 0 Å². The topological polar surface area (TPSA) is 97.7 Å². The molecule has 0 spiro atoms. The summed E-state index contributed by atoms with van der Waals surface area (Å²) in [6.07, 6.45) is 0.825. The van der Waals surface area contributed by atoms with Gasteiger partial charge in [-0.3, -0.25) is 0 Å². The smallest absolute Gasteiger partial charge is 0.344 e. The van der Waals surface area contributed by atoms with E-state index in [9.17, 15) is 0 Å². The van der Waals surface area contributed by atoms with Crippen molar-refractivity contribution in [2.45, 2.75) is 14.5 Å². The molecule has 1 aliphatic rings. The van der Waals surface area contributed by atoms with Crippen LogP contribution in [0.4, 0.5) is 0 Å². The van der Waals surface area contributed by atoms with Crippen molar-refractivity contribution in [1.29, 1.82) is 0 Å². The van der Waals surface area contributed by atoms with Crippen molar-refractivity contribution in [3.63, 3.8) is 0 Å². The van der Waals surface area contributed by atoms with E-state index in [1.165, 1.54) is 5.56 Å². The summed E-state index contributed by atoms with van der Waals surface area (Å²) in [4.78, 5) is 0. The fraction of sp³-hybridized carbons (Fsp3) is 0.250. The van der Waals surface area contributed by atoms with Gasteiger partial charge in [0, 0.05) is 0 Å². The Labute approximate surface area is 201 Å². The zero-order valence-electron chi connectivity index (χ0n) is 18.4. The van der Waals surface area contributed by atoms with Crippen LogP contribution < -0.4 is 26.5 Å². The molecule has 5 nitrogen and oxygen atoms in total. The molecular formula is C24H30Cl2N2O3Pt. The fourth-order valence-corrected chi connectivity index (χ4v) is 19.7. The molecule has 1 unspecified atom stereocenters. The van der Waals surface area contributed by atoms with Gasteiger partial charge in [-0.1, -0.05) is 0 Å². The second kappa shape index (κ2) is 10.5. The average molecular weight is 660 g/mol. The normalized spacial score (nSPS) is 18.3. The van der Waals surface area contributed by atoms with Crippen LogP contribution in [-0.4, -0.2) is 21.3 Å². The van der Waals surface area contributed by atoms with Gasteiger partial charge in [-0.05, 0) is 0 Å². The Morgan fingerprint density at radius 1 is 0.656 bits per heavy atom. The third-order valence-corrected chi connectivity index (χ3v) is 18.5. The minimum absolute atomic E-state index is 0. The van der Waals surface area contributed by atoms with Crippen molar-refractivity contribution in [3.05, 3.63) is 89.5 Å². The standard InChI is InChI=1S/C24H24O3.2ClH.2H3N.Pt/c1-25-21-11-4-18(5-12-21)6-17-24(19-7-13-22(26-2)14-8-19)20-9-15-23(27-3)16-10-20;;;;;/h4-5,7-17H,6H2,1-3H3;2*1H;2*1H3;/q;;;;;+2/p-2. The van der Waals surface area contributed by atoms with Crippen LogP contribution in [0.15, 0.2) is 72.8 Å². The first-order chi connectivity index (χ1) is 14.5. The molecule has 32 heavy (non-hydrogen) atoms. The maximum atomic E-state index is 7.21. The molecule has 0 amide bonds. The van der Waals surface area contributed by atoms with E-state index in [1.807, 2.05) is 36.4 Å². The van der Waals surface area contributed by atoms with E-state index >= 15 is 0 Å². The molecule has 0 radical (unpaired) electrons. The van der Waals surface area contributed by atoms with E-state index < -0.39 is 14.0 Å². The Balaban J connectivity index is 0.00000181. The van der Waals surface area contributed by atoms with Gasteiger partial charge in [-0.25, -0.2) is 0 Å². The van der Waals surface area contributed by atoms with Crippen LogP contribution in [-0.2, 0) is 24.2 Å². The van der Waals surface area contributed by atoms with E-state index in [4.69, 9.17) is 33.0 Å². The summed E-state index contributed by atoms with van der Waals surface area (Å²) in [6.45, 7) is 0. The number of hydrogen-bond donors (Lipinski definition) is 2. The molecule has 1 aliphatic heterocycles. The molecule has 3 aromatic carbocycles. The molecule has 178 valence electrons. The SMILES string of the molecule is COc1ccc(C[CH]2[C](c3ccc(OC)cc3)(c3ccc(OC)cc3)[Pt]2([Cl])[Cl])cc1.N.N. The maximum Gasteiger partial charge on any atom is -0.344 e. The van der Waals surface area contributed by atoms with Gasteiger partial charge in [0.1, 0.15) is 0 Å². The number of methoxy groups -OCH3 is 3. The van der Waals surface area contributed by atoms with Crippen LogP contribution in [0.2, 0.25) is 4.31 Å². The van der Waals surface area contributed by atoms with Gasteiger partial charge in [0.05, 0.1) is 0 Å². The monoisotopic (exact) mass is 659 g/mol. The molecule has 1 heterocycles. The zero-order chi connectivity index (χ0) is 21.4. The number of benzene rings is 3. The molecule has 0 saturated carbocycles. The average Bonchev–Trinajstić information content (AvgIpc) is 3.29. The number of halogens is 2. The van der Waals surface area contributed by atoms with Gasteiger partial charge in [0.25, 0.3) is 0 Å². The van der Waals surface area contributed by atoms with Crippen molar-refractivity contribution >= 4 is 18.8 Å². The second-order valence-electron chi connectivity index (χ2n) is 6.99. The molecule has 1 saturated heterocycles. The van der Waals surface area contributed by atoms with Crippen LogP contribution in [0.1, 0.15) is 16.7 Å². The van der Waals surface area contributed by atoms with Gasteiger partial charge in [-0.2, -0.15) is 0 Å². The van der Waals surface area contributed by atoms with Gasteiger partial charge < -0.3 is 12.3 Å². The maximum absolute atomic E-state index is 7.21. The summed E-state index contributed by atoms with van der Waals surface area (Å²) in [5.74, 6) is 2.48. The second-order valence-corrected chi connectivity index (χ2v) is 20.4. The van der Waals surface area contributed by atoms with E-state index in [2.05, 4.69) is 36.4 Å². The first-order valence-electron chi connectivity index (χ1n) is 9.43. The molecule has 6 N–H and O–H groups in total. The Hall–Kier alpha value is -1.75. The van der Waals surface area contributed by atoms with Crippen LogP contribution in [0.5, 0.6) is 17.2 Å². The van der Waals surface area contributed by atoms with E-state index in [0.717, 1.165) is 34.8 Å². The van der Waals surface area contributed by atoms with Crippen molar-refractivity contribution in [2.75, 3.05) is 21.3 Å². The zero-order valence-corrected chi connectivity index (χ0v) is 22.2. The van der Waals surface area contributed by atoms with E-state index in [-0.39, 0.29) is 20.4 Å². The number of rotatable bonds is 7. The van der Waals surface area contributed by atoms with Crippen molar-refractivity contribution < 1.29 is 28.2 Å². The summed E-state index contributed by atoms with van der Waals surface area (Å²) in [5.41, 5.74) is 3.50. The predicted molar refractivity (Wildman–Crippen MR) is 129 cm³/mol. The van der Waals surface area contributed by atoms with Crippen LogP contribution in [0.3, 0.4) is 0 Å². The van der Waals surface area contributed by atoms with Crippen LogP contribution >= 0.6 is 18.8 Å². The van der Waals surface area contributed by atoms with Crippen molar-refractivity contribution in [2.24, 2.45) is 0 Å². The Morgan fingerprint density at radius 3 is 1.34 bits per heavy atom. The molecule has 0 aromatic heterocycles. The molecular weight excluding hydrogens is 630 g/mol. The fourth-order valence-electron chi connectivity index (χ4n) is 3.85. The molecule has 4 rings (SSSR count). The molecule has 8 heteroatoms. The molecule has 1 fully saturated rings. The molecule has 1 atom stereocenters. The van der Waals surface area contributed by atoms with Crippen molar-refractivity contribution in [3.8, 4) is 17.2 Å². The summed E-state index contributed by atoms with van der Waals surface area (Å²) >= 11 is -3.20. The quantitative estimate of drug-likeness (QED) is 0.291. The summed E-state index contributed by atoms with van der Waals surface area (Å²) in [6, 6.07) is 24.5. The molecule has 0 aliphatic carbocycles. The number of ether oxygens (including phenoxy) is 3. The summed E-state index contributed by atoms with van der Waals surface area (Å²) < 4.78 is 15.8. The first kappa shape index (κ1) is 26.5. The molecule has 3 aromatic rings. The predicted octanol–water partition coefficient (Wildman–Crippen LogP) is 6.79. The van der Waals surface area contributed by atoms with Gasteiger partial charge >= 0.3 is 190 Å². The Kier molecular flexibility index (Phi) is 8.66. The minimum atomic E-state index is -3.20. The van der Waals surface area contributed by atoms with Gasteiger partial charge in [0.2, 0.25) is 0 Å². The Bertz CT molecular complexity index is 965. The van der Waals surface area contributed by atoms with E-state index in [0.29, 0.717) is 0 Å². The Morgan fingerprint density at radius 2 is 1.00 bits per heavy atom. The summed E-state index contributed by atoms with van der Waals surface area (Å²) in [5, 5.41) is 0. The van der Waals surface area contributed by atoms with Crippen LogP contribution in [0, 0.1) is 0 Å². The first-order valence-corrected chi connectivity index (χ1v) is 17.5. The minimum Gasteiger partial charge on any atom is -0.344 e.